The highest BCUT2D eigenvalue weighted by Gasteiger charge is 2.27. The van der Waals surface area contributed by atoms with E-state index in [4.69, 9.17) is 15.3 Å². The first-order valence-electron chi connectivity index (χ1n) is 5.29. The van der Waals surface area contributed by atoms with E-state index < -0.39 is 5.54 Å². The Morgan fingerprint density at radius 2 is 1.94 bits per heavy atom. The van der Waals surface area contributed by atoms with Crippen molar-refractivity contribution in [3.8, 4) is 0 Å². The molecule has 1 rings (SSSR count). The van der Waals surface area contributed by atoms with Crippen LogP contribution in [-0.4, -0.2) is 50.2 Å². The maximum absolute atomic E-state index is 9.12. The predicted octanol–water partition coefficient (Wildman–Crippen LogP) is -1.29. The number of aromatic nitrogens is 2. The summed E-state index contributed by atoms with van der Waals surface area (Å²) in [4.78, 5) is 4.15. The molecule has 16 heavy (non-hydrogen) atoms. The molecule has 0 atom stereocenters. The Morgan fingerprint density at radius 1 is 1.31 bits per heavy atom. The first-order valence-corrected chi connectivity index (χ1v) is 5.29. The van der Waals surface area contributed by atoms with E-state index in [0.29, 0.717) is 6.54 Å². The van der Waals surface area contributed by atoms with Crippen molar-refractivity contribution in [2.24, 2.45) is 0 Å². The Kier molecular flexibility index (Phi) is 4.88. The van der Waals surface area contributed by atoms with Crippen LogP contribution < -0.4 is 5.32 Å². The average Bonchev–Trinajstić information content (AvgIpc) is 2.79. The van der Waals surface area contributed by atoms with Crippen LogP contribution in [0, 0.1) is 0 Å². The van der Waals surface area contributed by atoms with Gasteiger partial charge < -0.3 is 19.9 Å². The fraction of sp³-hybridized carbons (Fsp3) is 0.700. The molecule has 0 aliphatic carbocycles. The third-order valence-electron chi connectivity index (χ3n) is 2.67. The zero-order chi connectivity index (χ0) is 12.0. The molecule has 0 amide bonds. The molecule has 0 aliphatic heterocycles. The van der Waals surface area contributed by atoms with Crippen LogP contribution >= 0.6 is 0 Å². The fourth-order valence-corrected chi connectivity index (χ4v) is 1.38. The van der Waals surface area contributed by atoms with E-state index in [1.165, 1.54) is 0 Å². The van der Waals surface area contributed by atoms with Gasteiger partial charge >= 0.3 is 0 Å². The standard InChI is InChI=1S/C10H19N3O3/c1-2-13-4-3-11-9(13)5-12-10(6-14,7-15)8-16/h3-4,12,14-16H,2,5-8H2,1H3. The summed E-state index contributed by atoms with van der Waals surface area (Å²) in [6.07, 6.45) is 3.55. The minimum absolute atomic E-state index is 0.327. The lowest BCUT2D eigenvalue weighted by molar-refractivity contribution is 0.0407. The SMILES string of the molecule is CCn1ccnc1CNC(CO)(CO)CO. The molecule has 0 unspecified atom stereocenters. The van der Waals surface area contributed by atoms with Crippen molar-refractivity contribution in [3.63, 3.8) is 0 Å². The van der Waals surface area contributed by atoms with Crippen LogP contribution in [0.5, 0.6) is 0 Å². The molecule has 0 bridgehead atoms. The smallest absolute Gasteiger partial charge is 0.122 e. The van der Waals surface area contributed by atoms with Crippen molar-refractivity contribution in [3.05, 3.63) is 18.2 Å². The maximum atomic E-state index is 9.12. The first-order chi connectivity index (χ1) is 7.71. The lowest BCUT2D eigenvalue weighted by atomic mass is 10.0. The zero-order valence-corrected chi connectivity index (χ0v) is 9.43. The van der Waals surface area contributed by atoms with Gasteiger partial charge in [-0.15, -0.1) is 0 Å². The average molecular weight is 229 g/mol. The van der Waals surface area contributed by atoms with Crippen LogP contribution in [0.1, 0.15) is 12.7 Å². The second-order valence-electron chi connectivity index (χ2n) is 3.74. The summed E-state index contributed by atoms with van der Waals surface area (Å²) in [5.41, 5.74) is -1.05. The molecule has 0 saturated carbocycles. The molecule has 6 heteroatoms. The van der Waals surface area contributed by atoms with Gasteiger partial charge in [-0.05, 0) is 6.92 Å². The van der Waals surface area contributed by atoms with Crippen LogP contribution in [0.15, 0.2) is 12.4 Å². The predicted molar refractivity (Wildman–Crippen MR) is 58.7 cm³/mol. The Labute approximate surface area is 94.6 Å². The van der Waals surface area contributed by atoms with Gasteiger partial charge in [-0.2, -0.15) is 0 Å². The first kappa shape index (κ1) is 13.1. The molecule has 4 N–H and O–H groups in total. The molecule has 0 fully saturated rings. The lowest BCUT2D eigenvalue weighted by Gasteiger charge is -2.28. The molecule has 1 aromatic heterocycles. The van der Waals surface area contributed by atoms with Crippen molar-refractivity contribution < 1.29 is 15.3 Å². The van der Waals surface area contributed by atoms with E-state index in [1.807, 2.05) is 17.7 Å². The van der Waals surface area contributed by atoms with Crippen molar-refractivity contribution in [1.29, 1.82) is 0 Å². The molecule has 0 radical (unpaired) electrons. The number of imidazole rings is 1. The van der Waals surface area contributed by atoms with Crippen LogP contribution in [-0.2, 0) is 13.1 Å². The van der Waals surface area contributed by atoms with Gasteiger partial charge in [-0.1, -0.05) is 0 Å². The summed E-state index contributed by atoms with van der Waals surface area (Å²) in [6, 6.07) is 0. The molecule has 0 aromatic carbocycles. The van der Waals surface area contributed by atoms with Crippen molar-refractivity contribution >= 4 is 0 Å². The fourth-order valence-electron chi connectivity index (χ4n) is 1.38. The van der Waals surface area contributed by atoms with Gasteiger partial charge in [0.15, 0.2) is 0 Å². The number of nitrogens with one attached hydrogen (secondary N) is 1. The quantitative estimate of drug-likeness (QED) is 0.467. The normalized spacial score (nSPS) is 12.0. The molecule has 6 nitrogen and oxygen atoms in total. The van der Waals surface area contributed by atoms with Gasteiger partial charge in [0.05, 0.1) is 31.9 Å². The van der Waals surface area contributed by atoms with Crippen molar-refractivity contribution in [2.75, 3.05) is 19.8 Å². The Hall–Kier alpha value is -0.950. The van der Waals surface area contributed by atoms with Gasteiger partial charge in [-0.3, -0.25) is 5.32 Å². The van der Waals surface area contributed by atoms with Gasteiger partial charge in [0.2, 0.25) is 0 Å². The van der Waals surface area contributed by atoms with Crippen LogP contribution in [0.25, 0.3) is 0 Å². The van der Waals surface area contributed by atoms with E-state index in [0.717, 1.165) is 12.4 Å². The molecule has 0 aliphatic rings. The maximum Gasteiger partial charge on any atom is 0.122 e. The van der Waals surface area contributed by atoms with Gasteiger partial charge in [0, 0.05) is 18.9 Å². The summed E-state index contributed by atoms with van der Waals surface area (Å²) >= 11 is 0. The topological polar surface area (TPSA) is 90.5 Å². The number of aliphatic hydroxyl groups is 3. The van der Waals surface area contributed by atoms with Gasteiger partial charge in [-0.25, -0.2) is 4.98 Å². The van der Waals surface area contributed by atoms with E-state index >= 15 is 0 Å². The molecular weight excluding hydrogens is 210 g/mol. The van der Waals surface area contributed by atoms with Gasteiger partial charge in [0.25, 0.3) is 0 Å². The summed E-state index contributed by atoms with van der Waals surface area (Å²) in [5, 5.41) is 30.3. The van der Waals surface area contributed by atoms with E-state index in [2.05, 4.69) is 10.3 Å². The van der Waals surface area contributed by atoms with E-state index in [1.54, 1.807) is 6.20 Å². The second kappa shape index (κ2) is 5.95. The molecule has 92 valence electrons. The number of aryl methyl sites for hydroxylation is 1. The second-order valence-corrected chi connectivity index (χ2v) is 3.74. The Morgan fingerprint density at radius 3 is 2.44 bits per heavy atom. The minimum atomic E-state index is -1.05. The molecular formula is C10H19N3O3. The highest BCUT2D eigenvalue weighted by molar-refractivity contribution is 4.95. The highest BCUT2D eigenvalue weighted by atomic mass is 16.3. The van der Waals surface area contributed by atoms with E-state index in [-0.39, 0.29) is 19.8 Å². The molecule has 1 heterocycles. The summed E-state index contributed by atoms with van der Waals surface area (Å²) in [6.45, 7) is 2.22. The Bertz CT molecular complexity index is 302. The van der Waals surface area contributed by atoms with Crippen molar-refractivity contribution in [2.45, 2.75) is 25.6 Å². The van der Waals surface area contributed by atoms with Crippen LogP contribution in [0.3, 0.4) is 0 Å². The summed E-state index contributed by atoms with van der Waals surface area (Å²) in [7, 11) is 0. The van der Waals surface area contributed by atoms with Crippen LogP contribution in [0.4, 0.5) is 0 Å². The number of aliphatic hydroxyl groups excluding tert-OH is 3. The monoisotopic (exact) mass is 229 g/mol. The minimum Gasteiger partial charge on any atom is -0.394 e. The number of nitrogens with zero attached hydrogens (tertiary/aromatic N) is 2. The van der Waals surface area contributed by atoms with Gasteiger partial charge in [0.1, 0.15) is 5.82 Å². The highest BCUT2D eigenvalue weighted by Crippen LogP contribution is 2.04. The third kappa shape index (κ3) is 2.79. The molecule has 1 aromatic rings. The van der Waals surface area contributed by atoms with Crippen molar-refractivity contribution in [1.82, 2.24) is 14.9 Å². The summed E-state index contributed by atoms with van der Waals surface area (Å²) < 4.78 is 1.95. The molecule has 0 saturated heterocycles. The number of rotatable bonds is 7. The Balaban J connectivity index is 2.62. The van der Waals surface area contributed by atoms with E-state index in [9.17, 15) is 0 Å². The van der Waals surface area contributed by atoms with Crippen LogP contribution in [0.2, 0.25) is 0 Å². The summed E-state index contributed by atoms with van der Waals surface area (Å²) in [5.74, 6) is 0.808. The lowest BCUT2D eigenvalue weighted by Crippen LogP contribution is -2.54. The third-order valence-corrected chi connectivity index (χ3v) is 2.67. The number of hydrogen-bond acceptors (Lipinski definition) is 5. The zero-order valence-electron chi connectivity index (χ0n) is 9.43. The number of hydrogen-bond donors (Lipinski definition) is 4. The largest absolute Gasteiger partial charge is 0.394 e. The molecule has 0 spiro atoms.